The van der Waals surface area contributed by atoms with Gasteiger partial charge in [0.1, 0.15) is 6.33 Å². The highest BCUT2D eigenvalue weighted by Gasteiger charge is 2.31. The van der Waals surface area contributed by atoms with Crippen LogP contribution < -0.4 is 10.1 Å². The standard InChI is InChI=1S/C19H16ClN3O3/c1-26-16-6-5-11(7-15(16)24)14-9-17(25)22-19-18(14)23(10-21-19)13-4-2-3-12(20)8-13/h2-8,10,14,24H,9H2,1H3,(H,22,25)/t14-/m0/s1. The number of imidazole rings is 1. The van der Waals surface area contributed by atoms with Crippen LogP contribution in [0.4, 0.5) is 5.82 Å². The molecular formula is C19H16ClN3O3. The Labute approximate surface area is 155 Å². The molecular weight excluding hydrogens is 354 g/mol. The second kappa shape index (κ2) is 6.38. The molecule has 0 spiro atoms. The third-order valence-corrected chi connectivity index (χ3v) is 4.71. The van der Waals surface area contributed by atoms with Crippen molar-refractivity contribution < 1.29 is 14.6 Å². The lowest BCUT2D eigenvalue weighted by atomic mass is 9.89. The van der Waals surface area contributed by atoms with Crippen LogP contribution in [0.2, 0.25) is 5.02 Å². The van der Waals surface area contributed by atoms with Gasteiger partial charge in [-0.3, -0.25) is 4.79 Å². The first-order chi connectivity index (χ1) is 12.6. The summed E-state index contributed by atoms with van der Waals surface area (Å²) in [5.41, 5.74) is 2.50. The van der Waals surface area contributed by atoms with Crippen molar-refractivity contribution in [1.82, 2.24) is 9.55 Å². The van der Waals surface area contributed by atoms with Crippen LogP contribution in [0.5, 0.6) is 11.5 Å². The third kappa shape index (κ3) is 2.78. The van der Waals surface area contributed by atoms with Crippen molar-refractivity contribution in [2.75, 3.05) is 12.4 Å². The number of hydrogen-bond acceptors (Lipinski definition) is 4. The largest absolute Gasteiger partial charge is 0.504 e. The Hall–Kier alpha value is -2.99. The summed E-state index contributed by atoms with van der Waals surface area (Å²) >= 11 is 6.13. The van der Waals surface area contributed by atoms with E-state index in [1.165, 1.54) is 7.11 Å². The number of hydrogen-bond donors (Lipinski definition) is 2. The van der Waals surface area contributed by atoms with E-state index in [2.05, 4.69) is 10.3 Å². The lowest BCUT2D eigenvalue weighted by molar-refractivity contribution is -0.116. The normalized spacial score (nSPS) is 16.1. The minimum absolute atomic E-state index is 0.0337. The van der Waals surface area contributed by atoms with E-state index in [9.17, 15) is 9.90 Å². The molecule has 1 aliphatic rings. The molecule has 4 rings (SSSR count). The SMILES string of the molecule is COc1ccc([C@@H]2CC(=O)Nc3ncn(-c4cccc(Cl)c4)c32)cc1O. The van der Waals surface area contributed by atoms with Crippen LogP contribution in [-0.2, 0) is 4.79 Å². The Kier molecular flexibility index (Phi) is 4.05. The maximum atomic E-state index is 12.1. The first-order valence-corrected chi connectivity index (χ1v) is 8.44. The minimum Gasteiger partial charge on any atom is -0.504 e. The molecule has 2 aromatic carbocycles. The van der Waals surface area contributed by atoms with Crippen LogP contribution >= 0.6 is 11.6 Å². The molecule has 6 nitrogen and oxygen atoms in total. The summed E-state index contributed by atoms with van der Waals surface area (Å²) in [5, 5.41) is 13.6. The number of rotatable bonds is 3. The van der Waals surface area contributed by atoms with Crippen molar-refractivity contribution in [1.29, 1.82) is 0 Å². The molecule has 7 heteroatoms. The highest BCUT2D eigenvalue weighted by molar-refractivity contribution is 6.30. The summed E-state index contributed by atoms with van der Waals surface area (Å²) in [6.07, 6.45) is 1.92. The Bertz CT molecular complexity index is 999. The number of phenolic OH excluding ortho intramolecular Hbond substituents is 1. The van der Waals surface area contributed by atoms with Crippen molar-refractivity contribution >= 4 is 23.3 Å². The van der Waals surface area contributed by atoms with Crippen LogP contribution in [0, 0.1) is 0 Å². The van der Waals surface area contributed by atoms with Gasteiger partial charge in [-0.15, -0.1) is 0 Å². The summed E-state index contributed by atoms with van der Waals surface area (Å²) in [4.78, 5) is 16.5. The van der Waals surface area contributed by atoms with Crippen LogP contribution in [0.25, 0.3) is 5.69 Å². The third-order valence-electron chi connectivity index (χ3n) is 4.47. The zero-order chi connectivity index (χ0) is 18.3. The Morgan fingerprint density at radius 1 is 1.31 bits per heavy atom. The van der Waals surface area contributed by atoms with E-state index in [0.29, 0.717) is 16.6 Å². The van der Waals surface area contributed by atoms with Gasteiger partial charge in [-0.05, 0) is 35.9 Å². The quantitative estimate of drug-likeness (QED) is 0.737. The van der Waals surface area contributed by atoms with Crippen molar-refractivity contribution in [3.05, 3.63) is 65.1 Å². The molecule has 132 valence electrons. The van der Waals surface area contributed by atoms with Gasteiger partial charge in [-0.25, -0.2) is 4.98 Å². The summed E-state index contributed by atoms with van der Waals surface area (Å²) < 4.78 is 7.02. The molecule has 2 N–H and O–H groups in total. The van der Waals surface area contributed by atoms with E-state index >= 15 is 0 Å². The molecule has 0 bridgehead atoms. The summed E-state index contributed by atoms with van der Waals surface area (Å²) in [7, 11) is 1.50. The number of nitrogens with zero attached hydrogens (tertiary/aromatic N) is 2. The van der Waals surface area contributed by atoms with Gasteiger partial charge in [-0.1, -0.05) is 23.7 Å². The molecule has 0 fully saturated rings. The lowest BCUT2D eigenvalue weighted by Gasteiger charge is -2.25. The van der Waals surface area contributed by atoms with E-state index in [0.717, 1.165) is 16.9 Å². The van der Waals surface area contributed by atoms with Gasteiger partial charge in [0.15, 0.2) is 17.3 Å². The van der Waals surface area contributed by atoms with Gasteiger partial charge in [0, 0.05) is 23.0 Å². The summed E-state index contributed by atoms with van der Waals surface area (Å²) in [5.74, 6) is 0.566. The Morgan fingerprint density at radius 3 is 2.88 bits per heavy atom. The van der Waals surface area contributed by atoms with Crippen LogP contribution in [0.3, 0.4) is 0 Å². The van der Waals surface area contributed by atoms with E-state index in [-0.39, 0.29) is 24.0 Å². The van der Waals surface area contributed by atoms with Crippen LogP contribution in [-0.4, -0.2) is 27.7 Å². The fraction of sp³-hybridized carbons (Fsp3) is 0.158. The van der Waals surface area contributed by atoms with Crippen molar-refractivity contribution in [2.24, 2.45) is 0 Å². The van der Waals surface area contributed by atoms with Crippen molar-refractivity contribution in [3.8, 4) is 17.2 Å². The molecule has 1 aliphatic heterocycles. The number of carbonyl (C=O) groups excluding carboxylic acids is 1. The predicted octanol–water partition coefficient (Wildman–Crippen LogP) is 3.71. The molecule has 0 aliphatic carbocycles. The number of nitrogens with one attached hydrogen (secondary N) is 1. The number of methoxy groups -OCH3 is 1. The Balaban J connectivity index is 1.85. The number of carbonyl (C=O) groups is 1. The molecule has 1 aromatic heterocycles. The van der Waals surface area contributed by atoms with Gasteiger partial charge < -0.3 is 19.7 Å². The molecule has 3 aromatic rings. The monoisotopic (exact) mass is 369 g/mol. The molecule has 0 saturated carbocycles. The smallest absolute Gasteiger partial charge is 0.226 e. The minimum atomic E-state index is -0.253. The first kappa shape index (κ1) is 16.5. The number of aromatic nitrogens is 2. The van der Waals surface area contributed by atoms with Gasteiger partial charge in [0.2, 0.25) is 5.91 Å². The van der Waals surface area contributed by atoms with Gasteiger partial charge in [0.05, 0.1) is 12.8 Å². The number of benzene rings is 2. The van der Waals surface area contributed by atoms with Crippen molar-refractivity contribution in [2.45, 2.75) is 12.3 Å². The lowest BCUT2D eigenvalue weighted by Crippen LogP contribution is -2.25. The van der Waals surface area contributed by atoms with E-state index in [1.807, 2.05) is 28.8 Å². The first-order valence-electron chi connectivity index (χ1n) is 8.06. The fourth-order valence-corrected chi connectivity index (χ4v) is 3.47. The molecule has 1 atom stereocenters. The molecule has 0 unspecified atom stereocenters. The number of halogens is 1. The number of aromatic hydroxyl groups is 1. The molecule has 2 heterocycles. The number of amides is 1. The second-order valence-electron chi connectivity index (χ2n) is 6.06. The van der Waals surface area contributed by atoms with Crippen LogP contribution in [0.15, 0.2) is 48.8 Å². The van der Waals surface area contributed by atoms with E-state index < -0.39 is 0 Å². The highest BCUT2D eigenvalue weighted by Crippen LogP contribution is 2.40. The van der Waals surface area contributed by atoms with Gasteiger partial charge in [0.25, 0.3) is 0 Å². The molecule has 26 heavy (non-hydrogen) atoms. The van der Waals surface area contributed by atoms with Gasteiger partial charge in [-0.2, -0.15) is 0 Å². The predicted molar refractivity (Wildman–Crippen MR) is 98.3 cm³/mol. The average Bonchev–Trinajstić information content (AvgIpc) is 3.04. The fourth-order valence-electron chi connectivity index (χ4n) is 3.28. The summed E-state index contributed by atoms with van der Waals surface area (Å²) in [6, 6.07) is 12.6. The number of anilines is 1. The number of phenols is 1. The highest BCUT2D eigenvalue weighted by atomic mass is 35.5. The maximum absolute atomic E-state index is 12.1. The zero-order valence-corrected chi connectivity index (χ0v) is 14.7. The van der Waals surface area contributed by atoms with Crippen molar-refractivity contribution in [3.63, 3.8) is 0 Å². The average molecular weight is 370 g/mol. The molecule has 0 radical (unpaired) electrons. The molecule has 1 amide bonds. The zero-order valence-electron chi connectivity index (χ0n) is 13.9. The number of ether oxygens (including phenoxy) is 1. The Morgan fingerprint density at radius 2 is 2.15 bits per heavy atom. The molecule has 0 saturated heterocycles. The summed E-state index contributed by atoms with van der Waals surface area (Å²) in [6.45, 7) is 0. The maximum Gasteiger partial charge on any atom is 0.226 e. The van der Waals surface area contributed by atoms with Crippen LogP contribution in [0.1, 0.15) is 23.6 Å². The second-order valence-corrected chi connectivity index (χ2v) is 6.50. The van der Waals surface area contributed by atoms with Gasteiger partial charge >= 0.3 is 0 Å². The van der Waals surface area contributed by atoms with E-state index in [1.54, 1.807) is 24.5 Å². The topological polar surface area (TPSA) is 76.4 Å². The van der Waals surface area contributed by atoms with E-state index in [4.69, 9.17) is 16.3 Å². The number of fused-ring (bicyclic) bond motifs is 1.